The fraction of sp³-hybridized carbons (Fsp3) is 0.222. The van der Waals surface area contributed by atoms with Crippen molar-refractivity contribution in [3.05, 3.63) is 71.3 Å². The van der Waals surface area contributed by atoms with Crippen LogP contribution < -0.4 is 5.32 Å². The maximum Gasteiger partial charge on any atom is 0.261 e. The molecule has 4 nitrogen and oxygen atoms in total. The van der Waals surface area contributed by atoms with Crippen molar-refractivity contribution in [3.63, 3.8) is 0 Å². The molecular weight excluding hydrogens is 276 g/mol. The summed E-state index contributed by atoms with van der Waals surface area (Å²) in [7, 11) is 0. The van der Waals surface area contributed by atoms with E-state index in [1.54, 1.807) is 24.3 Å². The Kier molecular flexibility index (Phi) is 4.02. The van der Waals surface area contributed by atoms with Crippen LogP contribution in [0.1, 0.15) is 39.2 Å². The highest BCUT2D eigenvalue weighted by molar-refractivity contribution is 6.21. The van der Waals surface area contributed by atoms with Gasteiger partial charge >= 0.3 is 0 Å². The number of amides is 2. The van der Waals surface area contributed by atoms with Gasteiger partial charge < -0.3 is 5.32 Å². The average Bonchev–Trinajstić information content (AvgIpc) is 2.81. The Morgan fingerprint density at radius 2 is 1.45 bits per heavy atom. The third-order valence-electron chi connectivity index (χ3n) is 4.08. The van der Waals surface area contributed by atoms with E-state index in [1.165, 1.54) is 10.5 Å². The van der Waals surface area contributed by atoms with E-state index in [2.05, 4.69) is 24.4 Å². The summed E-state index contributed by atoms with van der Waals surface area (Å²) in [6.07, 6.45) is 0. The normalized spacial score (nSPS) is 15.0. The number of carbonyl (C=O) groups is 2. The summed E-state index contributed by atoms with van der Waals surface area (Å²) in [5.41, 5.74) is 2.28. The van der Waals surface area contributed by atoms with Crippen molar-refractivity contribution in [2.24, 2.45) is 0 Å². The van der Waals surface area contributed by atoms with Crippen molar-refractivity contribution in [2.45, 2.75) is 13.0 Å². The molecule has 0 unspecified atom stereocenters. The summed E-state index contributed by atoms with van der Waals surface area (Å²) >= 11 is 0. The number of quaternary nitrogens is 1. The zero-order chi connectivity index (χ0) is 15.5. The topological polar surface area (TPSA) is 54.0 Å². The summed E-state index contributed by atoms with van der Waals surface area (Å²) < 4.78 is 0. The molecule has 22 heavy (non-hydrogen) atoms. The van der Waals surface area contributed by atoms with Gasteiger partial charge in [-0.05, 0) is 19.1 Å². The Hall–Kier alpha value is -2.46. The van der Waals surface area contributed by atoms with Gasteiger partial charge in [-0.2, -0.15) is 0 Å². The molecule has 0 bridgehead atoms. The first kappa shape index (κ1) is 14.5. The average molecular weight is 295 g/mol. The van der Waals surface area contributed by atoms with Gasteiger partial charge in [0.1, 0.15) is 6.04 Å². The van der Waals surface area contributed by atoms with E-state index >= 15 is 0 Å². The molecule has 1 aliphatic rings. The van der Waals surface area contributed by atoms with Crippen LogP contribution in [-0.4, -0.2) is 29.8 Å². The van der Waals surface area contributed by atoms with E-state index in [-0.39, 0.29) is 11.8 Å². The molecule has 0 fully saturated rings. The zero-order valence-electron chi connectivity index (χ0n) is 12.5. The van der Waals surface area contributed by atoms with Crippen LogP contribution in [-0.2, 0) is 0 Å². The minimum atomic E-state index is -0.179. The van der Waals surface area contributed by atoms with Crippen molar-refractivity contribution < 1.29 is 14.9 Å². The molecule has 3 rings (SSSR count). The zero-order valence-corrected chi connectivity index (χ0v) is 12.5. The molecule has 0 saturated carbocycles. The lowest BCUT2D eigenvalue weighted by Gasteiger charge is -2.15. The van der Waals surface area contributed by atoms with Crippen LogP contribution in [0.15, 0.2) is 54.6 Å². The van der Waals surface area contributed by atoms with Gasteiger partial charge in [-0.1, -0.05) is 42.5 Å². The van der Waals surface area contributed by atoms with Crippen molar-refractivity contribution >= 4 is 11.8 Å². The molecule has 0 radical (unpaired) electrons. The highest BCUT2D eigenvalue weighted by atomic mass is 16.2. The molecule has 2 aromatic carbocycles. The third-order valence-corrected chi connectivity index (χ3v) is 4.08. The molecule has 0 aliphatic carbocycles. The molecule has 0 spiro atoms. The molecule has 0 saturated heterocycles. The minimum Gasteiger partial charge on any atom is -0.339 e. The summed E-state index contributed by atoms with van der Waals surface area (Å²) in [5, 5.41) is 2.15. The molecule has 1 atom stereocenters. The lowest BCUT2D eigenvalue weighted by atomic mass is 10.1. The van der Waals surface area contributed by atoms with Crippen molar-refractivity contribution in [1.29, 1.82) is 0 Å². The van der Waals surface area contributed by atoms with E-state index in [1.807, 2.05) is 18.2 Å². The molecule has 4 heteroatoms. The lowest BCUT2D eigenvalue weighted by molar-refractivity contribution is -0.691. The van der Waals surface area contributed by atoms with Crippen LogP contribution >= 0.6 is 0 Å². The molecule has 2 amide bonds. The second kappa shape index (κ2) is 6.12. The van der Waals surface area contributed by atoms with Gasteiger partial charge in [0.05, 0.1) is 24.2 Å². The van der Waals surface area contributed by atoms with Crippen LogP contribution in [0.2, 0.25) is 0 Å². The highest BCUT2D eigenvalue weighted by Gasteiger charge is 2.34. The second-order valence-corrected chi connectivity index (χ2v) is 5.53. The van der Waals surface area contributed by atoms with E-state index < -0.39 is 0 Å². The summed E-state index contributed by atoms with van der Waals surface area (Å²) in [6.45, 7) is 3.25. The predicted molar refractivity (Wildman–Crippen MR) is 83.5 cm³/mol. The van der Waals surface area contributed by atoms with Gasteiger partial charge in [-0.25, -0.2) is 0 Å². The summed E-state index contributed by atoms with van der Waals surface area (Å²) in [4.78, 5) is 25.8. The van der Waals surface area contributed by atoms with Crippen LogP contribution in [0, 0.1) is 0 Å². The quantitative estimate of drug-likeness (QED) is 0.852. The molecule has 2 N–H and O–H groups in total. The van der Waals surface area contributed by atoms with E-state index in [0.29, 0.717) is 30.3 Å². The third kappa shape index (κ3) is 2.65. The second-order valence-electron chi connectivity index (χ2n) is 5.53. The Labute approximate surface area is 129 Å². The number of nitrogens with two attached hydrogens (primary N) is 1. The molecule has 112 valence electrons. The van der Waals surface area contributed by atoms with Crippen molar-refractivity contribution in [2.75, 3.05) is 13.1 Å². The Morgan fingerprint density at radius 3 is 2.05 bits per heavy atom. The molecule has 1 heterocycles. The first-order valence-corrected chi connectivity index (χ1v) is 7.52. The number of rotatable bonds is 5. The van der Waals surface area contributed by atoms with Crippen LogP contribution in [0.3, 0.4) is 0 Å². The van der Waals surface area contributed by atoms with Gasteiger partial charge in [0.25, 0.3) is 11.8 Å². The summed E-state index contributed by atoms with van der Waals surface area (Å²) in [6, 6.07) is 17.5. The van der Waals surface area contributed by atoms with Gasteiger partial charge in [0.2, 0.25) is 0 Å². The monoisotopic (exact) mass is 295 g/mol. The number of hydrogen-bond acceptors (Lipinski definition) is 2. The van der Waals surface area contributed by atoms with Gasteiger partial charge in [-0.3, -0.25) is 14.5 Å². The van der Waals surface area contributed by atoms with Gasteiger partial charge in [0, 0.05) is 5.56 Å². The fourth-order valence-corrected chi connectivity index (χ4v) is 2.79. The van der Waals surface area contributed by atoms with Crippen molar-refractivity contribution in [1.82, 2.24) is 4.90 Å². The number of fused-ring (bicyclic) bond motifs is 1. The number of nitrogens with zero attached hydrogens (tertiary/aromatic N) is 1. The molecule has 2 aromatic rings. The minimum absolute atomic E-state index is 0.179. The largest absolute Gasteiger partial charge is 0.339 e. The fourth-order valence-electron chi connectivity index (χ4n) is 2.79. The number of hydrogen-bond donors (Lipinski definition) is 1. The predicted octanol–water partition coefficient (Wildman–Crippen LogP) is 1.61. The molecular formula is C18H19N2O2+. The molecule has 1 aliphatic heterocycles. The number of benzene rings is 2. The first-order valence-electron chi connectivity index (χ1n) is 7.52. The maximum absolute atomic E-state index is 12.2. The van der Waals surface area contributed by atoms with Gasteiger partial charge in [-0.15, -0.1) is 0 Å². The van der Waals surface area contributed by atoms with Crippen LogP contribution in [0.25, 0.3) is 0 Å². The Balaban J connectivity index is 1.59. The Bertz CT molecular complexity index is 662. The van der Waals surface area contributed by atoms with E-state index in [0.717, 1.165) is 0 Å². The lowest BCUT2D eigenvalue weighted by Crippen LogP contribution is -2.86. The van der Waals surface area contributed by atoms with E-state index in [9.17, 15) is 9.59 Å². The van der Waals surface area contributed by atoms with E-state index in [4.69, 9.17) is 0 Å². The Morgan fingerprint density at radius 1 is 0.909 bits per heavy atom. The standard InChI is InChI=1S/C18H18N2O2/c1-13(14-7-3-2-4-8-14)19-11-12-20-17(21)15-9-5-6-10-16(15)18(20)22/h2-10,13,19H,11-12H2,1H3/p+1/t13-/m1/s1. The SMILES string of the molecule is C[C@@H]([NH2+]CCN1C(=O)c2ccccc2C1=O)c1ccccc1. The van der Waals surface area contributed by atoms with Crippen LogP contribution in [0.4, 0.5) is 0 Å². The van der Waals surface area contributed by atoms with Crippen molar-refractivity contribution in [3.8, 4) is 0 Å². The number of carbonyl (C=O) groups excluding carboxylic acids is 2. The van der Waals surface area contributed by atoms with Gasteiger partial charge in [0.15, 0.2) is 0 Å². The number of imide groups is 1. The summed E-state index contributed by atoms with van der Waals surface area (Å²) in [5.74, 6) is -0.359. The molecule has 0 aromatic heterocycles. The highest BCUT2D eigenvalue weighted by Crippen LogP contribution is 2.21. The smallest absolute Gasteiger partial charge is 0.261 e. The van der Waals surface area contributed by atoms with Crippen LogP contribution in [0.5, 0.6) is 0 Å². The maximum atomic E-state index is 12.2. The first-order chi connectivity index (χ1) is 10.7.